The number of methoxy groups -OCH3 is 1. The number of halogens is 1. The van der Waals surface area contributed by atoms with Gasteiger partial charge in [0.15, 0.2) is 5.78 Å². The van der Waals surface area contributed by atoms with Crippen LogP contribution in [0.25, 0.3) is 5.69 Å². The van der Waals surface area contributed by atoms with Gasteiger partial charge in [0, 0.05) is 23.4 Å². The van der Waals surface area contributed by atoms with Crippen molar-refractivity contribution in [3.8, 4) is 11.4 Å². The van der Waals surface area contributed by atoms with Crippen LogP contribution in [0, 0.1) is 5.41 Å². The number of hydrogen-bond donors (Lipinski definition) is 1. The lowest BCUT2D eigenvalue weighted by Crippen LogP contribution is -2.37. The van der Waals surface area contributed by atoms with Crippen molar-refractivity contribution in [2.75, 3.05) is 12.4 Å². The molecule has 0 unspecified atom stereocenters. The Kier molecular flexibility index (Phi) is 5.65. The molecule has 4 rings (SSSR count). The van der Waals surface area contributed by atoms with E-state index in [1.165, 1.54) is 10.6 Å². The van der Waals surface area contributed by atoms with E-state index >= 15 is 0 Å². The first kappa shape index (κ1) is 21.8. The Bertz CT molecular complexity index is 1280. The first-order valence-corrected chi connectivity index (χ1v) is 10.6. The van der Waals surface area contributed by atoms with Gasteiger partial charge in [-0.3, -0.25) is 19.0 Å². The molecule has 0 fully saturated rings. The Labute approximate surface area is 190 Å². The minimum atomic E-state index is -0.620. The van der Waals surface area contributed by atoms with Crippen LogP contribution in [0.5, 0.6) is 5.75 Å². The number of rotatable bonds is 4. The minimum Gasteiger partial charge on any atom is -0.497 e. The van der Waals surface area contributed by atoms with E-state index in [2.05, 4.69) is 5.32 Å². The number of amides is 1. The van der Waals surface area contributed by atoms with Crippen molar-refractivity contribution in [2.45, 2.75) is 26.7 Å². The first-order chi connectivity index (χ1) is 15.2. The van der Waals surface area contributed by atoms with E-state index in [1.807, 2.05) is 13.8 Å². The lowest BCUT2D eigenvalue weighted by Gasteiger charge is -2.32. The van der Waals surface area contributed by atoms with Crippen LogP contribution >= 0.6 is 11.6 Å². The number of fused-ring (bicyclic) bond motifs is 1. The monoisotopic (exact) mass is 450 g/mol. The van der Waals surface area contributed by atoms with Crippen molar-refractivity contribution in [3.63, 3.8) is 0 Å². The predicted octanol–water partition coefficient (Wildman–Crippen LogP) is 4.91. The fourth-order valence-electron chi connectivity index (χ4n) is 4.03. The highest BCUT2D eigenvalue weighted by Gasteiger charge is 2.35. The van der Waals surface area contributed by atoms with Crippen LogP contribution in [0.1, 0.15) is 46.7 Å². The summed E-state index contributed by atoms with van der Waals surface area (Å²) in [4.78, 5) is 39.6. The Morgan fingerprint density at radius 2 is 1.75 bits per heavy atom. The molecule has 1 aliphatic carbocycles. The molecular weight excluding hydrogens is 428 g/mol. The molecule has 0 saturated carbocycles. The molecule has 1 aromatic heterocycles. The van der Waals surface area contributed by atoms with Crippen molar-refractivity contribution in [2.24, 2.45) is 5.41 Å². The van der Waals surface area contributed by atoms with E-state index < -0.39 is 11.5 Å². The number of carbonyl (C=O) groups excluding carboxylic acids is 2. The summed E-state index contributed by atoms with van der Waals surface area (Å²) >= 11 is 6.16. The molecule has 6 nitrogen and oxygen atoms in total. The zero-order valence-electron chi connectivity index (χ0n) is 18.1. The topological polar surface area (TPSA) is 77.4 Å². The summed E-state index contributed by atoms with van der Waals surface area (Å²) in [5.41, 5.74) is 1.03. The SMILES string of the molecule is COc1ccc(-n2c3c(cc(C(=O)Nc4ccccc4Cl)c2=O)C(=O)CC(C)(C)C3)cc1. The molecular formula is C25H23ClN2O4. The Hall–Kier alpha value is -3.38. The Morgan fingerprint density at radius 3 is 2.41 bits per heavy atom. The van der Waals surface area contributed by atoms with E-state index in [1.54, 1.807) is 55.6 Å². The first-order valence-electron chi connectivity index (χ1n) is 10.2. The summed E-state index contributed by atoms with van der Waals surface area (Å²) in [6, 6.07) is 15.1. The van der Waals surface area contributed by atoms with Gasteiger partial charge in [0.2, 0.25) is 0 Å². The molecule has 1 N–H and O–H groups in total. The molecule has 1 amide bonds. The third kappa shape index (κ3) is 4.06. The number of ketones is 1. The number of carbonyl (C=O) groups is 2. The Balaban J connectivity index is 1.90. The lowest BCUT2D eigenvalue weighted by molar-refractivity contribution is 0.0909. The maximum atomic E-state index is 13.6. The van der Waals surface area contributed by atoms with Crippen LogP contribution in [0.3, 0.4) is 0 Å². The normalized spacial score (nSPS) is 14.6. The third-order valence-corrected chi connectivity index (χ3v) is 5.92. The largest absolute Gasteiger partial charge is 0.497 e. The molecule has 2 aromatic carbocycles. The van der Waals surface area contributed by atoms with E-state index in [9.17, 15) is 14.4 Å². The van der Waals surface area contributed by atoms with E-state index in [0.717, 1.165) is 0 Å². The fraction of sp³-hybridized carbons (Fsp3) is 0.240. The average molecular weight is 451 g/mol. The molecule has 0 radical (unpaired) electrons. The molecule has 1 heterocycles. The molecule has 3 aromatic rings. The number of ether oxygens (including phenoxy) is 1. The summed E-state index contributed by atoms with van der Waals surface area (Å²) in [5, 5.41) is 3.04. The fourth-order valence-corrected chi connectivity index (χ4v) is 4.22. The van der Waals surface area contributed by atoms with Gasteiger partial charge >= 0.3 is 0 Å². The molecule has 0 bridgehead atoms. The number of pyridine rings is 1. The summed E-state index contributed by atoms with van der Waals surface area (Å²) < 4.78 is 6.69. The molecule has 0 aliphatic heterocycles. The molecule has 7 heteroatoms. The quantitative estimate of drug-likeness (QED) is 0.612. The lowest BCUT2D eigenvalue weighted by atomic mass is 9.75. The molecule has 0 atom stereocenters. The molecule has 0 saturated heterocycles. The van der Waals surface area contributed by atoms with Crippen LogP contribution in [0.15, 0.2) is 59.4 Å². The van der Waals surface area contributed by atoms with Crippen LogP contribution in [0.4, 0.5) is 5.69 Å². The van der Waals surface area contributed by atoms with Crippen molar-refractivity contribution in [1.82, 2.24) is 4.57 Å². The van der Waals surface area contributed by atoms with Crippen LogP contribution in [-0.4, -0.2) is 23.4 Å². The smallest absolute Gasteiger partial charge is 0.268 e. The molecule has 164 valence electrons. The average Bonchev–Trinajstić information content (AvgIpc) is 2.74. The minimum absolute atomic E-state index is 0.0923. The van der Waals surface area contributed by atoms with Crippen molar-refractivity contribution in [3.05, 3.63) is 86.8 Å². The summed E-state index contributed by atoms with van der Waals surface area (Å²) in [7, 11) is 1.56. The van der Waals surface area contributed by atoms with Gasteiger partial charge in [-0.15, -0.1) is 0 Å². The van der Waals surface area contributed by atoms with E-state index in [0.29, 0.717) is 46.2 Å². The van der Waals surface area contributed by atoms with Gasteiger partial charge in [-0.25, -0.2) is 0 Å². The van der Waals surface area contributed by atoms with Gasteiger partial charge in [-0.2, -0.15) is 0 Å². The highest BCUT2D eigenvalue weighted by atomic mass is 35.5. The number of para-hydroxylation sites is 1. The highest BCUT2D eigenvalue weighted by molar-refractivity contribution is 6.33. The number of anilines is 1. The van der Waals surface area contributed by atoms with Crippen LogP contribution < -0.4 is 15.6 Å². The van der Waals surface area contributed by atoms with Crippen molar-refractivity contribution < 1.29 is 14.3 Å². The second-order valence-electron chi connectivity index (χ2n) is 8.63. The summed E-state index contributed by atoms with van der Waals surface area (Å²) in [6.45, 7) is 3.99. The van der Waals surface area contributed by atoms with E-state index in [4.69, 9.17) is 16.3 Å². The maximum absolute atomic E-state index is 13.6. The van der Waals surface area contributed by atoms with Gasteiger partial charge in [-0.05, 0) is 54.3 Å². The number of hydrogen-bond acceptors (Lipinski definition) is 4. The van der Waals surface area contributed by atoms with Crippen LogP contribution in [-0.2, 0) is 6.42 Å². The highest BCUT2D eigenvalue weighted by Crippen LogP contribution is 2.35. The maximum Gasteiger partial charge on any atom is 0.268 e. The predicted molar refractivity (Wildman–Crippen MR) is 124 cm³/mol. The second-order valence-corrected chi connectivity index (χ2v) is 9.04. The van der Waals surface area contributed by atoms with Gasteiger partial charge in [0.25, 0.3) is 11.5 Å². The zero-order valence-corrected chi connectivity index (χ0v) is 18.8. The van der Waals surface area contributed by atoms with Crippen molar-refractivity contribution >= 4 is 29.0 Å². The molecule has 0 spiro atoms. The Morgan fingerprint density at radius 1 is 1.06 bits per heavy atom. The zero-order chi connectivity index (χ0) is 23.0. The molecule has 32 heavy (non-hydrogen) atoms. The summed E-state index contributed by atoms with van der Waals surface area (Å²) in [6.07, 6.45) is 0.869. The van der Waals surface area contributed by atoms with E-state index in [-0.39, 0.29) is 16.8 Å². The number of nitrogens with zero attached hydrogens (tertiary/aromatic N) is 1. The number of benzene rings is 2. The van der Waals surface area contributed by atoms with Gasteiger partial charge < -0.3 is 10.1 Å². The molecule has 1 aliphatic rings. The van der Waals surface area contributed by atoms with Gasteiger partial charge in [0.1, 0.15) is 11.3 Å². The standard InChI is InChI=1S/C25H23ClN2O4/c1-25(2)13-21-17(22(29)14-25)12-18(23(30)27-20-7-5-4-6-19(20)26)24(31)28(21)15-8-10-16(32-3)11-9-15/h4-12H,13-14H2,1-3H3,(H,27,30). The second kappa shape index (κ2) is 8.28. The number of Topliss-reactive ketones (excluding diaryl/α,β-unsaturated/α-hetero) is 1. The van der Waals surface area contributed by atoms with Gasteiger partial charge in [0.05, 0.1) is 17.8 Å². The van der Waals surface area contributed by atoms with Crippen molar-refractivity contribution in [1.29, 1.82) is 0 Å². The summed E-state index contributed by atoms with van der Waals surface area (Å²) in [5.74, 6) is -0.0733. The van der Waals surface area contributed by atoms with Gasteiger partial charge in [-0.1, -0.05) is 37.6 Å². The number of nitrogens with one attached hydrogen (secondary N) is 1. The third-order valence-electron chi connectivity index (χ3n) is 5.59. The number of aromatic nitrogens is 1. The van der Waals surface area contributed by atoms with Crippen LogP contribution in [0.2, 0.25) is 5.02 Å².